The molecule has 1 saturated heterocycles. The van der Waals surface area contributed by atoms with Gasteiger partial charge in [0.15, 0.2) is 5.75 Å². The molecule has 0 bridgehead atoms. The van der Waals surface area contributed by atoms with E-state index in [4.69, 9.17) is 14.0 Å². The van der Waals surface area contributed by atoms with E-state index in [2.05, 4.69) is 0 Å². The summed E-state index contributed by atoms with van der Waals surface area (Å²) >= 11 is 0. The highest BCUT2D eigenvalue weighted by Crippen LogP contribution is 2.37. The number of nitro benzene ring substituents is 1. The summed E-state index contributed by atoms with van der Waals surface area (Å²) in [5.41, 5.74) is -0.363. The van der Waals surface area contributed by atoms with Crippen LogP contribution in [0.15, 0.2) is 18.2 Å². The second-order valence-electron chi connectivity index (χ2n) is 8.03. The van der Waals surface area contributed by atoms with Gasteiger partial charge in [-0.1, -0.05) is 18.9 Å². The van der Waals surface area contributed by atoms with Crippen LogP contribution in [-0.4, -0.2) is 29.9 Å². The van der Waals surface area contributed by atoms with Gasteiger partial charge in [-0.05, 0) is 58.0 Å². The number of nitro groups is 1. The Morgan fingerprint density at radius 3 is 2.36 bits per heavy atom. The van der Waals surface area contributed by atoms with E-state index in [1.54, 1.807) is 12.1 Å². The molecule has 0 aromatic heterocycles. The molecule has 0 N–H and O–H groups in total. The Morgan fingerprint density at radius 1 is 1.20 bits per heavy atom. The molecule has 1 saturated carbocycles. The van der Waals surface area contributed by atoms with Gasteiger partial charge in [-0.2, -0.15) is 0 Å². The first-order valence-corrected chi connectivity index (χ1v) is 8.96. The van der Waals surface area contributed by atoms with Crippen LogP contribution in [0.3, 0.4) is 0 Å². The average Bonchev–Trinajstić information content (AvgIpc) is 3.11. The Bertz CT molecular complexity index is 639. The number of hydrogen-bond acceptors (Lipinski definition) is 5. The molecule has 1 aromatic carbocycles. The fourth-order valence-corrected chi connectivity index (χ4v) is 3.31. The van der Waals surface area contributed by atoms with Gasteiger partial charge in [0.2, 0.25) is 0 Å². The summed E-state index contributed by atoms with van der Waals surface area (Å²) in [6.45, 7) is 8.37. The number of ether oxygens (including phenoxy) is 1. The normalized spacial score (nSPS) is 22.3. The fraction of sp³-hybridized carbons (Fsp3) is 0.667. The van der Waals surface area contributed by atoms with Crippen LogP contribution in [0.1, 0.15) is 53.4 Å². The molecule has 1 aliphatic heterocycles. The van der Waals surface area contributed by atoms with Crippen molar-refractivity contribution >= 4 is 18.3 Å². The van der Waals surface area contributed by atoms with Gasteiger partial charge in [0.25, 0.3) is 0 Å². The van der Waals surface area contributed by atoms with Gasteiger partial charge < -0.3 is 14.0 Å². The molecular formula is C18H26BNO5. The van der Waals surface area contributed by atoms with E-state index in [9.17, 15) is 10.1 Å². The minimum absolute atomic E-state index is 0.0368. The lowest BCUT2D eigenvalue weighted by Crippen LogP contribution is -2.41. The summed E-state index contributed by atoms with van der Waals surface area (Å²) < 4.78 is 17.7. The molecule has 1 aromatic rings. The van der Waals surface area contributed by atoms with Gasteiger partial charge in [0.1, 0.15) is 0 Å². The lowest BCUT2D eigenvalue weighted by molar-refractivity contribution is -0.385. The van der Waals surface area contributed by atoms with Crippen molar-refractivity contribution in [1.29, 1.82) is 0 Å². The topological polar surface area (TPSA) is 70.8 Å². The fourth-order valence-electron chi connectivity index (χ4n) is 3.31. The van der Waals surface area contributed by atoms with E-state index >= 15 is 0 Å². The minimum atomic E-state index is -0.618. The maximum atomic E-state index is 11.5. The molecule has 0 unspecified atom stereocenters. The zero-order valence-corrected chi connectivity index (χ0v) is 15.4. The van der Waals surface area contributed by atoms with Gasteiger partial charge in [-0.15, -0.1) is 0 Å². The van der Waals surface area contributed by atoms with Gasteiger partial charge in [0, 0.05) is 6.07 Å². The Hall–Kier alpha value is -1.60. The summed E-state index contributed by atoms with van der Waals surface area (Å²) in [5, 5.41) is 11.5. The summed E-state index contributed by atoms with van der Waals surface area (Å²) in [7, 11) is -0.618. The Kier molecular flexibility index (Phi) is 4.81. The predicted octanol–water partition coefficient (Wildman–Crippen LogP) is 3.46. The Morgan fingerprint density at radius 2 is 1.80 bits per heavy atom. The van der Waals surface area contributed by atoms with Crippen LogP contribution >= 0.6 is 0 Å². The largest absolute Gasteiger partial charge is 0.495 e. The van der Waals surface area contributed by atoms with Crippen molar-refractivity contribution in [1.82, 2.24) is 0 Å². The molecule has 7 heteroatoms. The second kappa shape index (κ2) is 6.61. The van der Waals surface area contributed by atoms with Crippen LogP contribution in [0.5, 0.6) is 5.75 Å². The van der Waals surface area contributed by atoms with Crippen LogP contribution in [0, 0.1) is 16.0 Å². The van der Waals surface area contributed by atoms with Crippen molar-refractivity contribution in [2.75, 3.05) is 6.61 Å². The molecule has 1 aliphatic carbocycles. The summed E-state index contributed by atoms with van der Waals surface area (Å²) in [6, 6.07) is 4.96. The molecule has 2 aliphatic rings. The predicted molar refractivity (Wildman–Crippen MR) is 96.3 cm³/mol. The lowest BCUT2D eigenvalue weighted by atomic mass is 9.79. The third kappa shape index (κ3) is 3.67. The average molecular weight is 347 g/mol. The van der Waals surface area contributed by atoms with E-state index in [-0.39, 0.29) is 5.69 Å². The van der Waals surface area contributed by atoms with Crippen LogP contribution in [0.25, 0.3) is 0 Å². The first-order chi connectivity index (χ1) is 11.7. The Balaban J connectivity index is 1.78. The van der Waals surface area contributed by atoms with Crippen molar-refractivity contribution < 1.29 is 19.0 Å². The maximum absolute atomic E-state index is 11.5. The van der Waals surface area contributed by atoms with Gasteiger partial charge >= 0.3 is 12.8 Å². The monoisotopic (exact) mass is 347 g/mol. The molecule has 2 fully saturated rings. The highest BCUT2D eigenvalue weighted by molar-refractivity contribution is 6.62. The van der Waals surface area contributed by atoms with Gasteiger partial charge in [-0.25, -0.2) is 0 Å². The van der Waals surface area contributed by atoms with Gasteiger partial charge in [-0.3, -0.25) is 10.1 Å². The van der Waals surface area contributed by atoms with Crippen molar-refractivity contribution in [3.63, 3.8) is 0 Å². The first kappa shape index (κ1) is 18.2. The smallest absolute Gasteiger partial charge is 0.487 e. The van der Waals surface area contributed by atoms with Crippen molar-refractivity contribution in [3.8, 4) is 5.75 Å². The van der Waals surface area contributed by atoms with Crippen LogP contribution in [0.2, 0.25) is 0 Å². The molecule has 0 radical (unpaired) electrons. The van der Waals surface area contributed by atoms with E-state index in [1.165, 1.54) is 18.9 Å². The molecule has 3 rings (SSSR count). The van der Waals surface area contributed by atoms with Crippen LogP contribution in [-0.2, 0) is 9.31 Å². The highest BCUT2D eigenvalue weighted by atomic mass is 16.7. The second-order valence-corrected chi connectivity index (χ2v) is 8.03. The van der Waals surface area contributed by atoms with E-state index in [1.807, 2.05) is 27.7 Å². The van der Waals surface area contributed by atoms with Crippen molar-refractivity contribution in [2.24, 2.45) is 5.92 Å². The zero-order chi connectivity index (χ0) is 18.2. The third-order valence-corrected chi connectivity index (χ3v) is 5.65. The molecule has 0 atom stereocenters. The minimum Gasteiger partial charge on any atom is -0.487 e. The molecular weight excluding hydrogens is 321 g/mol. The lowest BCUT2D eigenvalue weighted by Gasteiger charge is -2.32. The zero-order valence-electron chi connectivity index (χ0n) is 15.4. The van der Waals surface area contributed by atoms with Crippen LogP contribution < -0.4 is 10.2 Å². The summed E-state index contributed by atoms with van der Waals surface area (Å²) in [4.78, 5) is 11.1. The molecule has 1 heterocycles. The summed E-state index contributed by atoms with van der Waals surface area (Å²) in [5.74, 6) is 0.819. The maximum Gasteiger partial charge on any atom is 0.495 e. The van der Waals surface area contributed by atoms with Gasteiger partial charge in [0.05, 0.1) is 22.7 Å². The van der Waals surface area contributed by atoms with E-state index in [0.717, 1.165) is 12.8 Å². The number of hydrogen-bond donors (Lipinski definition) is 0. The quantitative estimate of drug-likeness (QED) is 0.463. The molecule has 25 heavy (non-hydrogen) atoms. The van der Waals surface area contributed by atoms with E-state index < -0.39 is 23.2 Å². The molecule has 0 spiro atoms. The molecule has 6 nitrogen and oxygen atoms in total. The number of nitrogens with zero attached hydrogens (tertiary/aromatic N) is 1. The molecule has 136 valence electrons. The molecule has 0 amide bonds. The van der Waals surface area contributed by atoms with Crippen molar-refractivity contribution in [3.05, 3.63) is 28.3 Å². The van der Waals surface area contributed by atoms with E-state index in [0.29, 0.717) is 23.7 Å². The highest BCUT2D eigenvalue weighted by Gasteiger charge is 2.52. The number of rotatable bonds is 5. The number of benzene rings is 1. The van der Waals surface area contributed by atoms with Crippen molar-refractivity contribution in [2.45, 2.75) is 64.6 Å². The first-order valence-electron chi connectivity index (χ1n) is 8.96. The Labute approximate surface area is 149 Å². The third-order valence-electron chi connectivity index (χ3n) is 5.65. The summed E-state index contributed by atoms with van der Waals surface area (Å²) in [6.07, 6.45) is 4.72. The standard InChI is InChI=1S/C18H26BNO5/c1-17(2)18(3,4)25-19(24-17)14-9-10-16(15(11-14)20(21)22)23-12-13-7-5-6-8-13/h9-11,13H,5-8,12H2,1-4H3. The SMILES string of the molecule is CC1(C)OB(c2ccc(OCC3CCCC3)c([N+](=O)[O-])c2)OC1(C)C. The van der Waals surface area contributed by atoms with Crippen LogP contribution in [0.4, 0.5) is 5.69 Å².